The molecule has 0 bridgehead atoms. The Kier molecular flexibility index (Phi) is 4.55. The van der Waals surface area contributed by atoms with E-state index in [0.29, 0.717) is 16.5 Å². The summed E-state index contributed by atoms with van der Waals surface area (Å²) in [6, 6.07) is 11.4. The molecule has 4 aromatic rings. The van der Waals surface area contributed by atoms with Gasteiger partial charge in [0.1, 0.15) is 6.26 Å². The highest BCUT2D eigenvalue weighted by Gasteiger charge is 2.20. The summed E-state index contributed by atoms with van der Waals surface area (Å²) in [5.41, 5.74) is 2.10. The van der Waals surface area contributed by atoms with Crippen molar-refractivity contribution in [3.05, 3.63) is 59.6 Å². The van der Waals surface area contributed by atoms with Crippen molar-refractivity contribution >= 4 is 50.4 Å². The smallest absolute Gasteiger partial charge is 0.275 e. The van der Waals surface area contributed by atoms with Crippen LogP contribution >= 0.6 is 22.9 Å². The van der Waals surface area contributed by atoms with Crippen molar-refractivity contribution in [2.45, 2.75) is 0 Å². The Morgan fingerprint density at radius 3 is 2.63 bits per heavy atom. The first-order valence-electron chi connectivity index (χ1n) is 8.10. The molecular formula is C19H15ClN4O2S. The lowest BCUT2D eigenvalue weighted by molar-refractivity contribution is 0.0823. The molecule has 0 spiro atoms. The molecular weight excluding hydrogens is 384 g/mol. The molecule has 3 heterocycles. The number of nitrogens with one attached hydrogen (secondary N) is 1. The van der Waals surface area contributed by atoms with Crippen LogP contribution in [-0.2, 0) is 0 Å². The van der Waals surface area contributed by atoms with Crippen LogP contribution in [0, 0.1) is 0 Å². The molecule has 0 atom stereocenters. The topological polar surface area (TPSA) is 71.3 Å². The van der Waals surface area contributed by atoms with Crippen molar-refractivity contribution in [2.24, 2.45) is 0 Å². The lowest BCUT2D eigenvalue weighted by Gasteiger charge is -2.10. The van der Waals surface area contributed by atoms with Crippen molar-refractivity contribution in [2.75, 3.05) is 19.4 Å². The van der Waals surface area contributed by atoms with Gasteiger partial charge in [-0.15, -0.1) is 21.5 Å². The summed E-state index contributed by atoms with van der Waals surface area (Å²) >= 11 is 7.50. The van der Waals surface area contributed by atoms with Crippen LogP contribution < -0.4 is 5.32 Å². The van der Waals surface area contributed by atoms with Gasteiger partial charge >= 0.3 is 0 Å². The van der Waals surface area contributed by atoms with Crippen LogP contribution in [0.25, 0.3) is 20.5 Å². The summed E-state index contributed by atoms with van der Waals surface area (Å²) in [4.78, 5) is 15.0. The number of carbonyl (C=O) groups is 1. The molecule has 1 N–H and O–H groups in total. The van der Waals surface area contributed by atoms with Crippen molar-refractivity contribution < 1.29 is 9.21 Å². The van der Waals surface area contributed by atoms with Gasteiger partial charge in [-0.3, -0.25) is 4.79 Å². The van der Waals surface area contributed by atoms with E-state index in [1.165, 1.54) is 16.2 Å². The van der Waals surface area contributed by atoms with E-state index in [0.717, 1.165) is 26.2 Å². The number of anilines is 2. The van der Waals surface area contributed by atoms with E-state index in [4.69, 9.17) is 16.0 Å². The largest absolute Gasteiger partial charge is 0.470 e. The molecule has 0 radical (unpaired) electrons. The Morgan fingerprint density at radius 2 is 1.96 bits per heavy atom. The number of nitrogens with zero attached hydrogens (tertiary/aromatic N) is 3. The van der Waals surface area contributed by atoms with Crippen molar-refractivity contribution in [1.29, 1.82) is 0 Å². The molecule has 0 aliphatic heterocycles. The third-order valence-corrected chi connectivity index (χ3v) is 5.42. The van der Waals surface area contributed by atoms with E-state index in [-0.39, 0.29) is 5.91 Å². The van der Waals surface area contributed by atoms with Crippen LogP contribution in [-0.4, -0.2) is 35.1 Å². The summed E-state index contributed by atoms with van der Waals surface area (Å²) < 4.78 is 5.87. The van der Waals surface area contributed by atoms with Gasteiger partial charge in [0.15, 0.2) is 11.5 Å². The van der Waals surface area contributed by atoms with E-state index in [1.54, 1.807) is 32.7 Å². The Labute approximate surface area is 164 Å². The minimum atomic E-state index is -0.188. The van der Waals surface area contributed by atoms with Crippen LogP contribution in [0.5, 0.6) is 0 Å². The van der Waals surface area contributed by atoms with Crippen LogP contribution in [0.3, 0.4) is 0 Å². The molecule has 3 aromatic heterocycles. The van der Waals surface area contributed by atoms with Gasteiger partial charge in [0.05, 0.1) is 16.7 Å². The van der Waals surface area contributed by atoms with Gasteiger partial charge in [-0.1, -0.05) is 23.7 Å². The van der Waals surface area contributed by atoms with Crippen molar-refractivity contribution in [1.82, 2.24) is 15.1 Å². The van der Waals surface area contributed by atoms with E-state index in [2.05, 4.69) is 15.5 Å². The minimum absolute atomic E-state index is 0.188. The summed E-state index contributed by atoms with van der Waals surface area (Å²) in [5.74, 6) is 0.380. The summed E-state index contributed by atoms with van der Waals surface area (Å²) in [5, 5.41) is 13.1. The maximum Gasteiger partial charge on any atom is 0.275 e. The van der Waals surface area contributed by atoms with Crippen molar-refractivity contribution in [3.8, 4) is 10.4 Å². The number of halogens is 1. The molecule has 0 saturated heterocycles. The second-order valence-electron chi connectivity index (χ2n) is 6.09. The highest BCUT2D eigenvalue weighted by Crippen LogP contribution is 2.38. The highest BCUT2D eigenvalue weighted by molar-refractivity contribution is 7.22. The predicted octanol–water partition coefficient (Wildman–Crippen LogP) is 5.05. The predicted molar refractivity (Wildman–Crippen MR) is 108 cm³/mol. The average molecular weight is 399 g/mol. The van der Waals surface area contributed by atoms with Crippen LogP contribution in [0.4, 0.5) is 11.5 Å². The maximum absolute atomic E-state index is 12.6. The molecule has 0 fully saturated rings. The van der Waals surface area contributed by atoms with Gasteiger partial charge in [-0.05, 0) is 29.8 Å². The van der Waals surface area contributed by atoms with E-state index >= 15 is 0 Å². The average Bonchev–Trinajstić information content (AvgIpc) is 3.32. The lowest BCUT2D eigenvalue weighted by Crippen LogP contribution is -2.23. The minimum Gasteiger partial charge on any atom is -0.470 e. The number of amides is 1. The van der Waals surface area contributed by atoms with Gasteiger partial charge in [0.25, 0.3) is 5.91 Å². The second kappa shape index (κ2) is 7.02. The number of benzene rings is 1. The molecule has 27 heavy (non-hydrogen) atoms. The number of rotatable bonds is 4. The van der Waals surface area contributed by atoms with E-state index < -0.39 is 0 Å². The van der Waals surface area contributed by atoms with Gasteiger partial charge in [0, 0.05) is 29.4 Å². The number of carbonyl (C=O) groups excluding carboxylic acids is 1. The zero-order valence-corrected chi connectivity index (χ0v) is 16.1. The molecule has 1 amide bonds. The number of fused-ring (bicyclic) bond motifs is 1. The number of thiophene rings is 1. The highest BCUT2D eigenvalue weighted by atomic mass is 35.5. The lowest BCUT2D eigenvalue weighted by atomic mass is 10.1. The molecule has 0 unspecified atom stereocenters. The molecule has 8 heteroatoms. The summed E-state index contributed by atoms with van der Waals surface area (Å²) in [6.45, 7) is 0. The zero-order valence-electron chi connectivity index (χ0n) is 14.6. The Balaban J connectivity index is 1.88. The molecule has 0 aliphatic carbocycles. The quantitative estimate of drug-likeness (QED) is 0.520. The van der Waals surface area contributed by atoms with Crippen molar-refractivity contribution in [3.63, 3.8) is 0 Å². The fraction of sp³-hybridized carbons (Fsp3) is 0.105. The standard InChI is InChI=1S/C19H15ClN4O2S/c1-24(2)19(25)16-17-14(18(23-22-16)21-13-7-8-26-10-13)9-15(27-17)11-3-5-12(20)6-4-11/h3-10H,1-2H3,(H,21,23). The van der Waals surface area contributed by atoms with Gasteiger partial charge in [-0.25, -0.2) is 0 Å². The Morgan fingerprint density at radius 1 is 1.19 bits per heavy atom. The number of hydrogen-bond donors (Lipinski definition) is 1. The molecule has 0 aliphatic rings. The normalized spacial score (nSPS) is 10.9. The van der Waals surface area contributed by atoms with Gasteiger partial charge in [-0.2, -0.15) is 0 Å². The first-order chi connectivity index (χ1) is 13.0. The fourth-order valence-electron chi connectivity index (χ4n) is 2.61. The number of hydrogen-bond acceptors (Lipinski definition) is 6. The second-order valence-corrected chi connectivity index (χ2v) is 7.58. The van der Waals surface area contributed by atoms with Crippen LogP contribution in [0.2, 0.25) is 5.02 Å². The number of furan rings is 1. The zero-order chi connectivity index (χ0) is 19.0. The van der Waals surface area contributed by atoms with Crippen LogP contribution in [0.15, 0.2) is 53.3 Å². The molecule has 0 saturated carbocycles. The van der Waals surface area contributed by atoms with Gasteiger partial charge in [0.2, 0.25) is 0 Å². The first-order valence-corrected chi connectivity index (χ1v) is 9.29. The molecule has 4 rings (SSSR count). The molecule has 1 aromatic carbocycles. The van der Waals surface area contributed by atoms with E-state index in [9.17, 15) is 4.79 Å². The molecule has 6 nitrogen and oxygen atoms in total. The van der Waals surface area contributed by atoms with E-state index in [1.807, 2.05) is 30.3 Å². The first kappa shape index (κ1) is 17.5. The third kappa shape index (κ3) is 3.39. The Hall–Kier alpha value is -2.90. The summed E-state index contributed by atoms with van der Waals surface area (Å²) in [7, 11) is 3.39. The number of aromatic nitrogens is 2. The maximum atomic E-state index is 12.6. The third-order valence-electron chi connectivity index (χ3n) is 3.97. The van der Waals surface area contributed by atoms with Gasteiger partial charge < -0.3 is 14.6 Å². The Bertz CT molecular complexity index is 1100. The van der Waals surface area contributed by atoms with Crippen LogP contribution in [0.1, 0.15) is 10.5 Å². The SMILES string of the molecule is CN(C)C(=O)c1nnc(Nc2ccoc2)c2cc(-c3ccc(Cl)cc3)sc12. The molecule has 136 valence electrons. The fourth-order valence-corrected chi connectivity index (χ4v) is 3.88. The monoisotopic (exact) mass is 398 g/mol. The summed E-state index contributed by atoms with van der Waals surface area (Å²) in [6.07, 6.45) is 3.16.